The average molecular weight is 356 g/mol. The predicted octanol–water partition coefficient (Wildman–Crippen LogP) is 5.18. The molecule has 4 nitrogen and oxygen atoms in total. The lowest BCUT2D eigenvalue weighted by Gasteiger charge is -2.17. The van der Waals surface area contributed by atoms with Crippen LogP contribution in [-0.2, 0) is 0 Å². The van der Waals surface area contributed by atoms with E-state index >= 15 is 0 Å². The van der Waals surface area contributed by atoms with Crippen molar-refractivity contribution in [3.05, 3.63) is 67.6 Å². The highest BCUT2D eigenvalue weighted by atomic mass is 79.9. The zero-order chi connectivity index (χ0) is 14.7. The minimum atomic E-state index is -0.439. The summed E-state index contributed by atoms with van der Waals surface area (Å²) in [5.74, 6) is 0. The minimum Gasteiger partial charge on any atom is -0.377 e. The molecule has 0 saturated heterocycles. The van der Waals surface area contributed by atoms with Crippen LogP contribution in [0.5, 0.6) is 0 Å². The van der Waals surface area contributed by atoms with Crippen LogP contribution < -0.4 is 5.32 Å². The van der Waals surface area contributed by atoms with Gasteiger partial charge in [0.2, 0.25) is 0 Å². The molecule has 0 spiro atoms. The number of nitrogens with zero attached hydrogens (tertiary/aromatic N) is 1. The Balaban J connectivity index is 2.25. The van der Waals surface area contributed by atoms with Crippen molar-refractivity contribution >= 4 is 38.9 Å². The van der Waals surface area contributed by atoms with Gasteiger partial charge in [-0.3, -0.25) is 10.1 Å². The molecule has 0 heterocycles. The number of nitro groups is 1. The van der Waals surface area contributed by atoms with Gasteiger partial charge in [0.05, 0.1) is 15.6 Å². The van der Waals surface area contributed by atoms with Crippen molar-refractivity contribution in [3.8, 4) is 0 Å². The third-order valence-electron chi connectivity index (χ3n) is 2.88. The van der Waals surface area contributed by atoms with E-state index in [1.165, 1.54) is 18.2 Å². The Hall–Kier alpha value is -1.59. The Morgan fingerprint density at radius 1 is 1.30 bits per heavy atom. The third-order valence-corrected chi connectivity index (χ3v) is 3.70. The molecule has 6 heteroatoms. The van der Waals surface area contributed by atoms with Crippen molar-refractivity contribution in [2.75, 3.05) is 5.32 Å². The normalized spacial score (nSPS) is 11.9. The number of rotatable bonds is 4. The molecule has 1 unspecified atom stereocenters. The zero-order valence-corrected chi connectivity index (χ0v) is 13.0. The van der Waals surface area contributed by atoms with E-state index in [0.29, 0.717) is 10.7 Å². The standard InChI is InChI=1S/C14H12BrClN2O2/c1-9(10-3-2-4-11(15)7-10)17-14-8-12(18(19)20)5-6-13(14)16/h2-9,17H,1H3. The number of nitrogens with one attached hydrogen (secondary N) is 1. The van der Waals surface area contributed by atoms with Crippen molar-refractivity contribution in [3.63, 3.8) is 0 Å². The van der Waals surface area contributed by atoms with Gasteiger partial charge in [-0.1, -0.05) is 39.7 Å². The van der Waals surface area contributed by atoms with Crippen LogP contribution in [-0.4, -0.2) is 4.92 Å². The molecule has 104 valence electrons. The van der Waals surface area contributed by atoms with Gasteiger partial charge in [-0.15, -0.1) is 0 Å². The van der Waals surface area contributed by atoms with Crippen molar-refractivity contribution in [1.29, 1.82) is 0 Å². The summed E-state index contributed by atoms with van der Waals surface area (Å²) in [6.45, 7) is 1.97. The van der Waals surface area contributed by atoms with Gasteiger partial charge in [-0.2, -0.15) is 0 Å². The molecule has 2 aromatic carbocycles. The number of nitro benzene ring substituents is 1. The first-order chi connectivity index (χ1) is 9.47. The molecular formula is C14H12BrClN2O2. The smallest absolute Gasteiger partial charge is 0.271 e. The number of halogens is 2. The predicted molar refractivity (Wildman–Crippen MR) is 84.3 cm³/mol. The molecule has 0 aliphatic heterocycles. The average Bonchev–Trinajstić information content (AvgIpc) is 2.41. The fraction of sp³-hybridized carbons (Fsp3) is 0.143. The molecule has 2 rings (SSSR count). The number of non-ortho nitro benzene ring substituents is 1. The van der Waals surface area contributed by atoms with E-state index in [0.717, 1.165) is 10.0 Å². The van der Waals surface area contributed by atoms with Crippen LogP contribution >= 0.6 is 27.5 Å². The molecule has 0 amide bonds. The van der Waals surface area contributed by atoms with Crippen molar-refractivity contribution < 1.29 is 4.92 Å². The number of anilines is 1. The summed E-state index contributed by atoms with van der Waals surface area (Å²) >= 11 is 9.49. The molecule has 0 aliphatic carbocycles. The summed E-state index contributed by atoms with van der Waals surface area (Å²) in [5, 5.41) is 14.4. The third kappa shape index (κ3) is 3.49. The second kappa shape index (κ2) is 6.24. The molecule has 20 heavy (non-hydrogen) atoms. The van der Waals surface area contributed by atoms with Gasteiger partial charge in [0.1, 0.15) is 0 Å². The number of benzene rings is 2. The Morgan fingerprint density at radius 3 is 2.70 bits per heavy atom. The van der Waals surface area contributed by atoms with E-state index in [2.05, 4.69) is 21.2 Å². The summed E-state index contributed by atoms with van der Waals surface area (Å²) in [7, 11) is 0. The molecule has 0 saturated carbocycles. The number of hydrogen-bond donors (Lipinski definition) is 1. The van der Waals surface area contributed by atoms with Crippen LogP contribution in [0.25, 0.3) is 0 Å². The van der Waals surface area contributed by atoms with Crippen molar-refractivity contribution in [1.82, 2.24) is 0 Å². The second-order valence-corrected chi connectivity index (χ2v) is 5.67. The van der Waals surface area contributed by atoms with Crippen molar-refractivity contribution in [2.24, 2.45) is 0 Å². The van der Waals surface area contributed by atoms with Gasteiger partial charge < -0.3 is 5.32 Å². The molecule has 1 atom stereocenters. The van der Waals surface area contributed by atoms with Crippen LogP contribution in [0.1, 0.15) is 18.5 Å². The topological polar surface area (TPSA) is 55.2 Å². The van der Waals surface area contributed by atoms with Crippen LogP contribution in [0.2, 0.25) is 5.02 Å². The quantitative estimate of drug-likeness (QED) is 0.607. The summed E-state index contributed by atoms with van der Waals surface area (Å²) < 4.78 is 0.980. The van der Waals surface area contributed by atoms with Gasteiger partial charge in [0.15, 0.2) is 0 Å². The zero-order valence-electron chi connectivity index (χ0n) is 10.6. The van der Waals surface area contributed by atoms with Crippen molar-refractivity contribution in [2.45, 2.75) is 13.0 Å². The van der Waals surface area contributed by atoms with Gasteiger partial charge in [0.25, 0.3) is 5.69 Å². The molecule has 0 fully saturated rings. The molecule has 0 bridgehead atoms. The summed E-state index contributed by atoms with van der Waals surface area (Å²) in [5.41, 5.74) is 1.62. The maximum atomic E-state index is 10.8. The highest BCUT2D eigenvalue weighted by molar-refractivity contribution is 9.10. The first-order valence-corrected chi connectivity index (χ1v) is 7.10. The van der Waals surface area contributed by atoms with Gasteiger partial charge >= 0.3 is 0 Å². The van der Waals surface area contributed by atoms with Crippen LogP contribution in [0.15, 0.2) is 46.9 Å². The van der Waals surface area contributed by atoms with E-state index in [1.807, 2.05) is 31.2 Å². The molecule has 0 radical (unpaired) electrons. The van der Waals surface area contributed by atoms with Crippen LogP contribution in [0.4, 0.5) is 11.4 Å². The summed E-state index contributed by atoms with van der Waals surface area (Å²) in [4.78, 5) is 10.4. The fourth-order valence-electron chi connectivity index (χ4n) is 1.83. The van der Waals surface area contributed by atoms with E-state index in [9.17, 15) is 10.1 Å². The van der Waals surface area contributed by atoms with Crippen LogP contribution in [0, 0.1) is 10.1 Å². The van der Waals surface area contributed by atoms with E-state index in [1.54, 1.807) is 0 Å². The van der Waals surface area contributed by atoms with E-state index in [-0.39, 0.29) is 11.7 Å². The number of hydrogen-bond acceptors (Lipinski definition) is 3. The van der Waals surface area contributed by atoms with Gasteiger partial charge in [0, 0.05) is 22.6 Å². The Morgan fingerprint density at radius 2 is 2.05 bits per heavy atom. The highest BCUT2D eigenvalue weighted by Gasteiger charge is 2.12. The highest BCUT2D eigenvalue weighted by Crippen LogP contribution is 2.30. The molecule has 2 aromatic rings. The van der Waals surface area contributed by atoms with E-state index < -0.39 is 4.92 Å². The maximum absolute atomic E-state index is 10.8. The minimum absolute atomic E-state index is 0.0124. The first-order valence-electron chi connectivity index (χ1n) is 5.93. The lowest BCUT2D eigenvalue weighted by atomic mass is 10.1. The molecule has 0 aliphatic rings. The molecule has 1 N–H and O–H groups in total. The fourth-order valence-corrected chi connectivity index (χ4v) is 2.42. The molecular weight excluding hydrogens is 344 g/mol. The lowest BCUT2D eigenvalue weighted by Crippen LogP contribution is -2.07. The SMILES string of the molecule is CC(Nc1cc([N+](=O)[O-])ccc1Cl)c1cccc(Br)c1. The lowest BCUT2D eigenvalue weighted by molar-refractivity contribution is -0.384. The largest absolute Gasteiger partial charge is 0.377 e. The Bertz CT molecular complexity index is 649. The summed E-state index contributed by atoms with van der Waals surface area (Å²) in [6, 6.07) is 12.2. The Kier molecular flexibility index (Phi) is 4.62. The van der Waals surface area contributed by atoms with E-state index in [4.69, 9.17) is 11.6 Å². The maximum Gasteiger partial charge on any atom is 0.271 e. The van der Waals surface area contributed by atoms with Gasteiger partial charge in [-0.25, -0.2) is 0 Å². The Labute approximate surface area is 130 Å². The van der Waals surface area contributed by atoms with Crippen LogP contribution in [0.3, 0.4) is 0 Å². The van der Waals surface area contributed by atoms with Gasteiger partial charge in [-0.05, 0) is 30.7 Å². The first kappa shape index (κ1) is 14.8. The molecule has 0 aromatic heterocycles. The summed E-state index contributed by atoms with van der Waals surface area (Å²) in [6.07, 6.45) is 0. The second-order valence-electron chi connectivity index (χ2n) is 4.34. The monoisotopic (exact) mass is 354 g/mol.